The fourth-order valence-corrected chi connectivity index (χ4v) is 3.31. The van der Waals surface area contributed by atoms with E-state index in [-0.39, 0.29) is 11.3 Å². The third-order valence-corrected chi connectivity index (χ3v) is 5.16. The molecule has 5 heteroatoms. The maximum absolute atomic E-state index is 12.1. The summed E-state index contributed by atoms with van der Waals surface area (Å²) in [6.07, 6.45) is 2.01. The van der Waals surface area contributed by atoms with Crippen LogP contribution >= 0.6 is 39.1 Å². The van der Waals surface area contributed by atoms with Crippen molar-refractivity contribution < 1.29 is 4.79 Å². The third-order valence-electron chi connectivity index (χ3n) is 3.53. The van der Waals surface area contributed by atoms with E-state index in [9.17, 15) is 4.79 Å². The third kappa shape index (κ3) is 4.66. The Morgan fingerprint density at radius 1 is 1.21 bits per heavy atom. The lowest BCUT2D eigenvalue weighted by Crippen LogP contribution is -2.38. The van der Waals surface area contributed by atoms with Crippen LogP contribution in [-0.2, 0) is 0 Å². The largest absolute Gasteiger partial charge is 0.351 e. The van der Waals surface area contributed by atoms with Crippen LogP contribution in [-0.4, -0.2) is 17.8 Å². The average Bonchev–Trinajstić information content (AvgIpc) is 2.39. The molecular formula is C14H18BrCl2NO. The summed E-state index contributed by atoms with van der Waals surface area (Å²) in [5.74, 6) is -0.142. The second kappa shape index (κ2) is 7.51. The molecule has 0 atom stereocenters. The van der Waals surface area contributed by atoms with Crippen LogP contribution in [0.5, 0.6) is 0 Å². The molecule has 0 spiro atoms. The van der Waals surface area contributed by atoms with Crippen molar-refractivity contribution in [3.63, 3.8) is 0 Å². The Balaban J connectivity index is 2.74. The summed E-state index contributed by atoms with van der Waals surface area (Å²) in [5.41, 5.74) is 0.589. The molecule has 1 N–H and O–H groups in total. The zero-order valence-electron chi connectivity index (χ0n) is 11.1. The number of carbonyl (C=O) groups excluding carboxylic acids is 1. The highest BCUT2D eigenvalue weighted by Gasteiger charge is 2.25. The molecule has 1 rings (SSSR count). The Bertz CT molecular complexity index is 419. The van der Waals surface area contributed by atoms with Crippen LogP contribution in [0.25, 0.3) is 0 Å². The zero-order valence-corrected chi connectivity index (χ0v) is 14.2. The molecule has 0 unspecified atom stereocenters. The number of rotatable bonds is 6. The SMILES string of the molecule is CCC(CC)(CBr)CNC(=O)c1cc(Cl)cc(Cl)c1. The number of halogens is 3. The molecule has 0 heterocycles. The van der Waals surface area contributed by atoms with E-state index in [4.69, 9.17) is 23.2 Å². The Kier molecular flexibility index (Phi) is 6.64. The molecular weight excluding hydrogens is 349 g/mol. The smallest absolute Gasteiger partial charge is 0.251 e. The van der Waals surface area contributed by atoms with Gasteiger partial charge in [-0.15, -0.1) is 0 Å². The van der Waals surface area contributed by atoms with Crippen LogP contribution in [0, 0.1) is 5.41 Å². The van der Waals surface area contributed by atoms with Gasteiger partial charge in [-0.25, -0.2) is 0 Å². The molecule has 0 aromatic heterocycles. The van der Waals surface area contributed by atoms with Crippen molar-refractivity contribution in [3.05, 3.63) is 33.8 Å². The summed E-state index contributed by atoms with van der Waals surface area (Å²) in [6.45, 7) is 4.90. The van der Waals surface area contributed by atoms with Crippen molar-refractivity contribution in [2.75, 3.05) is 11.9 Å². The van der Waals surface area contributed by atoms with Crippen molar-refractivity contribution >= 4 is 45.0 Å². The van der Waals surface area contributed by atoms with Crippen molar-refractivity contribution in [2.45, 2.75) is 26.7 Å². The van der Waals surface area contributed by atoms with Crippen LogP contribution in [0.4, 0.5) is 0 Å². The van der Waals surface area contributed by atoms with Gasteiger partial charge in [0.05, 0.1) is 0 Å². The minimum absolute atomic E-state index is 0.0953. The molecule has 0 saturated heterocycles. The van der Waals surface area contributed by atoms with E-state index in [1.54, 1.807) is 18.2 Å². The first kappa shape index (κ1) is 16.8. The number of hydrogen-bond donors (Lipinski definition) is 1. The van der Waals surface area contributed by atoms with Gasteiger partial charge in [0.1, 0.15) is 0 Å². The lowest BCUT2D eigenvalue weighted by molar-refractivity contribution is 0.0932. The summed E-state index contributed by atoms with van der Waals surface area (Å²) in [5, 5.41) is 4.76. The minimum Gasteiger partial charge on any atom is -0.351 e. The molecule has 1 aromatic rings. The van der Waals surface area contributed by atoms with Gasteiger partial charge in [0.25, 0.3) is 5.91 Å². The first-order valence-electron chi connectivity index (χ1n) is 6.26. The van der Waals surface area contributed by atoms with Gasteiger partial charge in [-0.05, 0) is 36.5 Å². The van der Waals surface area contributed by atoms with E-state index in [1.807, 2.05) is 0 Å². The molecule has 1 aromatic carbocycles. The van der Waals surface area contributed by atoms with Gasteiger partial charge in [-0.2, -0.15) is 0 Å². The molecule has 0 bridgehead atoms. The number of amides is 1. The van der Waals surface area contributed by atoms with Gasteiger partial charge >= 0.3 is 0 Å². The monoisotopic (exact) mass is 365 g/mol. The molecule has 0 saturated carbocycles. The molecule has 0 aliphatic heterocycles. The highest BCUT2D eigenvalue weighted by molar-refractivity contribution is 9.09. The summed E-state index contributed by atoms with van der Waals surface area (Å²) in [4.78, 5) is 12.1. The molecule has 2 nitrogen and oxygen atoms in total. The van der Waals surface area contributed by atoms with E-state index in [0.717, 1.165) is 18.2 Å². The van der Waals surface area contributed by atoms with Crippen LogP contribution in [0.1, 0.15) is 37.0 Å². The van der Waals surface area contributed by atoms with E-state index < -0.39 is 0 Å². The van der Waals surface area contributed by atoms with Crippen LogP contribution in [0.2, 0.25) is 10.0 Å². The predicted octanol–water partition coefficient (Wildman–Crippen LogP) is 4.92. The first-order chi connectivity index (χ1) is 8.96. The quantitative estimate of drug-likeness (QED) is 0.711. The van der Waals surface area contributed by atoms with Crippen molar-refractivity contribution in [3.8, 4) is 0 Å². The topological polar surface area (TPSA) is 29.1 Å². The fourth-order valence-electron chi connectivity index (χ4n) is 1.79. The Morgan fingerprint density at radius 2 is 1.74 bits per heavy atom. The maximum atomic E-state index is 12.1. The lowest BCUT2D eigenvalue weighted by Gasteiger charge is -2.29. The molecule has 0 aliphatic carbocycles. The standard InChI is InChI=1S/C14H18BrCl2NO/c1-3-14(4-2,8-15)9-18-13(19)10-5-11(16)7-12(17)6-10/h5-7H,3-4,8-9H2,1-2H3,(H,18,19). The fraction of sp³-hybridized carbons (Fsp3) is 0.500. The predicted molar refractivity (Wildman–Crippen MR) is 85.6 cm³/mol. The highest BCUT2D eigenvalue weighted by atomic mass is 79.9. The molecule has 0 fully saturated rings. The molecule has 1 amide bonds. The molecule has 19 heavy (non-hydrogen) atoms. The lowest BCUT2D eigenvalue weighted by atomic mass is 9.84. The number of hydrogen-bond acceptors (Lipinski definition) is 1. The number of alkyl halides is 1. The number of nitrogens with one attached hydrogen (secondary N) is 1. The Hall–Kier alpha value is -0.250. The van der Waals surface area contributed by atoms with Gasteiger partial charge in [-0.3, -0.25) is 4.79 Å². The van der Waals surface area contributed by atoms with E-state index in [0.29, 0.717) is 22.2 Å². The Labute approximate surface area is 133 Å². The summed E-state index contributed by atoms with van der Waals surface area (Å²) in [6, 6.07) is 4.85. The first-order valence-corrected chi connectivity index (χ1v) is 8.14. The van der Waals surface area contributed by atoms with E-state index in [2.05, 4.69) is 35.1 Å². The van der Waals surface area contributed by atoms with E-state index in [1.165, 1.54) is 0 Å². The normalized spacial score (nSPS) is 11.4. The second-order valence-electron chi connectivity index (χ2n) is 4.68. The summed E-state index contributed by atoms with van der Waals surface area (Å²) >= 11 is 15.3. The molecule has 0 aliphatic rings. The average molecular weight is 367 g/mol. The molecule has 106 valence electrons. The van der Waals surface area contributed by atoms with Gasteiger partial charge in [0.15, 0.2) is 0 Å². The number of carbonyl (C=O) groups is 1. The van der Waals surface area contributed by atoms with E-state index >= 15 is 0 Å². The highest BCUT2D eigenvalue weighted by Crippen LogP contribution is 2.28. The van der Waals surface area contributed by atoms with Crippen LogP contribution < -0.4 is 5.32 Å². The number of benzene rings is 1. The van der Waals surface area contributed by atoms with Crippen LogP contribution in [0.3, 0.4) is 0 Å². The molecule has 0 radical (unpaired) electrons. The van der Waals surface area contributed by atoms with Crippen molar-refractivity contribution in [2.24, 2.45) is 5.41 Å². The maximum Gasteiger partial charge on any atom is 0.251 e. The van der Waals surface area contributed by atoms with Crippen molar-refractivity contribution in [1.82, 2.24) is 5.32 Å². The summed E-state index contributed by atoms with van der Waals surface area (Å²) in [7, 11) is 0. The van der Waals surface area contributed by atoms with Crippen LogP contribution in [0.15, 0.2) is 18.2 Å². The van der Waals surface area contributed by atoms with Gasteiger partial charge in [0.2, 0.25) is 0 Å². The zero-order chi connectivity index (χ0) is 14.5. The second-order valence-corrected chi connectivity index (χ2v) is 6.12. The minimum atomic E-state index is -0.142. The summed E-state index contributed by atoms with van der Waals surface area (Å²) < 4.78 is 0. The van der Waals surface area contributed by atoms with Crippen molar-refractivity contribution in [1.29, 1.82) is 0 Å². The Morgan fingerprint density at radius 3 is 2.16 bits per heavy atom. The van der Waals surface area contributed by atoms with Gasteiger partial charge < -0.3 is 5.32 Å². The van der Waals surface area contributed by atoms with Gasteiger partial charge in [-0.1, -0.05) is 53.0 Å². The van der Waals surface area contributed by atoms with Gasteiger partial charge in [0, 0.05) is 27.5 Å².